The highest BCUT2D eigenvalue weighted by Crippen LogP contribution is 2.34. The van der Waals surface area contributed by atoms with Gasteiger partial charge >= 0.3 is 6.09 Å². The lowest BCUT2D eigenvalue weighted by molar-refractivity contribution is 0.00622. The maximum absolute atomic E-state index is 12.1. The predicted octanol–water partition coefficient (Wildman–Crippen LogP) is 1.37. The molecule has 0 saturated carbocycles. The summed E-state index contributed by atoms with van der Waals surface area (Å²) < 4.78 is 10.2. The van der Waals surface area contributed by atoms with E-state index in [-0.39, 0.29) is 6.09 Å². The molecule has 0 radical (unpaired) electrons. The highest BCUT2D eigenvalue weighted by atomic mass is 16.6. The number of nitrogens with zero attached hydrogens (tertiary/aromatic N) is 1. The van der Waals surface area contributed by atoms with Gasteiger partial charge in [0.2, 0.25) is 0 Å². The van der Waals surface area contributed by atoms with Crippen LogP contribution in [0.3, 0.4) is 0 Å². The van der Waals surface area contributed by atoms with Crippen LogP contribution in [-0.2, 0) is 9.47 Å². The second-order valence-electron chi connectivity index (χ2n) is 5.21. The van der Waals surface area contributed by atoms with Crippen molar-refractivity contribution in [2.45, 2.75) is 50.2 Å². The molecule has 1 N–H and O–H groups in total. The van der Waals surface area contributed by atoms with Gasteiger partial charge < -0.3 is 19.7 Å². The van der Waals surface area contributed by atoms with E-state index < -0.39 is 0 Å². The fourth-order valence-corrected chi connectivity index (χ4v) is 3.20. The third-order valence-corrected chi connectivity index (χ3v) is 4.11. The Morgan fingerprint density at radius 2 is 1.94 bits per heavy atom. The number of carbonyl (C=O) groups is 1. The van der Waals surface area contributed by atoms with E-state index in [0.717, 1.165) is 25.7 Å². The van der Waals surface area contributed by atoms with E-state index in [1.165, 1.54) is 6.42 Å². The van der Waals surface area contributed by atoms with Crippen LogP contribution in [0.1, 0.15) is 32.1 Å². The molecule has 2 fully saturated rings. The van der Waals surface area contributed by atoms with Gasteiger partial charge in [-0.2, -0.15) is 0 Å². The summed E-state index contributed by atoms with van der Waals surface area (Å²) in [7, 11) is 3.62. The van der Waals surface area contributed by atoms with E-state index in [4.69, 9.17) is 9.47 Å². The number of carbonyl (C=O) groups excluding carboxylic acids is 1. The summed E-state index contributed by atoms with van der Waals surface area (Å²) in [6.07, 6.45) is 5.38. The lowest BCUT2D eigenvalue weighted by atomic mass is 9.82. The molecule has 2 aliphatic heterocycles. The Morgan fingerprint density at radius 1 is 1.28 bits per heavy atom. The van der Waals surface area contributed by atoms with Gasteiger partial charge in [-0.25, -0.2) is 4.79 Å². The largest absolute Gasteiger partial charge is 0.447 e. The van der Waals surface area contributed by atoms with E-state index in [9.17, 15) is 4.79 Å². The minimum atomic E-state index is -0.156. The first-order valence-corrected chi connectivity index (χ1v) is 6.87. The molecule has 0 aromatic rings. The van der Waals surface area contributed by atoms with Gasteiger partial charge in [-0.15, -0.1) is 0 Å². The number of amides is 1. The fraction of sp³-hybridized carbons (Fsp3) is 0.923. The number of nitrogens with one attached hydrogen (secondary N) is 1. The van der Waals surface area contributed by atoms with Crippen LogP contribution >= 0.6 is 0 Å². The van der Waals surface area contributed by atoms with E-state index in [1.807, 2.05) is 11.9 Å². The van der Waals surface area contributed by atoms with Crippen LogP contribution in [-0.4, -0.2) is 56.5 Å². The SMILES string of the molecule is CN[C@@H]1C[C@H]2CCC[C@@H](C1)N2C(=O)OCCOC. The Bertz CT molecular complexity index is 271. The van der Waals surface area contributed by atoms with Crippen molar-refractivity contribution in [2.75, 3.05) is 27.4 Å². The molecule has 2 rings (SSSR count). The predicted molar refractivity (Wildman–Crippen MR) is 68.6 cm³/mol. The second kappa shape index (κ2) is 6.38. The molecule has 0 aromatic heterocycles. The molecule has 5 heteroatoms. The number of fused-ring (bicyclic) bond motifs is 2. The average molecular weight is 256 g/mol. The molecular weight excluding hydrogens is 232 g/mol. The van der Waals surface area contributed by atoms with Crippen LogP contribution in [0.25, 0.3) is 0 Å². The van der Waals surface area contributed by atoms with Crippen LogP contribution in [0.15, 0.2) is 0 Å². The topological polar surface area (TPSA) is 50.8 Å². The van der Waals surface area contributed by atoms with Crippen LogP contribution in [0.4, 0.5) is 4.79 Å². The molecule has 3 atom stereocenters. The zero-order valence-corrected chi connectivity index (χ0v) is 11.4. The van der Waals surface area contributed by atoms with Gasteiger partial charge in [-0.05, 0) is 39.2 Å². The Hall–Kier alpha value is -0.810. The molecule has 18 heavy (non-hydrogen) atoms. The summed E-state index contributed by atoms with van der Waals surface area (Å²) in [5.74, 6) is 0. The molecule has 0 aliphatic carbocycles. The maximum Gasteiger partial charge on any atom is 0.410 e. The van der Waals surface area contributed by atoms with E-state index in [1.54, 1.807) is 7.11 Å². The van der Waals surface area contributed by atoms with Crippen LogP contribution in [0, 0.1) is 0 Å². The summed E-state index contributed by atoms with van der Waals surface area (Å²) >= 11 is 0. The zero-order valence-electron chi connectivity index (χ0n) is 11.4. The standard InChI is InChI=1S/C13H24N2O3/c1-14-10-8-11-4-3-5-12(9-10)15(11)13(16)18-7-6-17-2/h10-12,14H,3-9H2,1-2H3/t10-,11-,12+. The summed E-state index contributed by atoms with van der Waals surface area (Å²) in [5, 5.41) is 3.35. The van der Waals surface area contributed by atoms with Crippen molar-refractivity contribution < 1.29 is 14.3 Å². The molecule has 104 valence electrons. The van der Waals surface area contributed by atoms with E-state index in [2.05, 4.69) is 5.32 Å². The Balaban J connectivity index is 1.93. The fourth-order valence-electron chi connectivity index (χ4n) is 3.20. The first-order chi connectivity index (χ1) is 8.76. The number of piperidine rings is 2. The average Bonchev–Trinajstić information content (AvgIpc) is 2.37. The third kappa shape index (κ3) is 2.95. The lowest BCUT2D eigenvalue weighted by Gasteiger charge is -2.48. The molecule has 2 aliphatic rings. The molecular formula is C13H24N2O3. The first kappa shape index (κ1) is 13.6. The van der Waals surface area contributed by atoms with Crippen LogP contribution in [0.2, 0.25) is 0 Å². The smallest absolute Gasteiger partial charge is 0.410 e. The highest BCUT2D eigenvalue weighted by molar-refractivity contribution is 5.69. The van der Waals surface area contributed by atoms with Gasteiger partial charge in [0.05, 0.1) is 6.61 Å². The number of hydrogen-bond donors (Lipinski definition) is 1. The van der Waals surface area contributed by atoms with Gasteiger partial charge in [0.1, 0.15) is 6.61 Å². The van der Waals surface area contributed by atoms with Crippen LogP contribution < -0.4 is 5.32 Å². The van der Waals surface area contributed by atoms with E-state index in [0.29, 0.717) is 31.3 Å². The normalized spacial score (nSPS) is 31.2. The molecule has 5 nitrogen and oxygen atoms in total. The van der Waals surface area contributed by atoms with Crippen molar-refractivity contribution in [3.63, 3.8) is 0 Å². The maximum atomic E-state index is 12.1. The number of methoxy groups -OCH3 is 1. The summed E-state index contributed by atoms with van der Waals surface area (Å²) in [5.41, 5.74) is 0. The molecule has 0 spiro atoms. The molecule has 0 unspecified atom stereocenters. The van der Waals surface area contributed by atoms with Crippen molar-refractivity contribution in [2.24, 2.45) is 0 Å². The summed E-state index contributed by atoms with van der Waals surface area (Å²) in [6.45, 7) is 0.814. The highest BCUT2D eigenvalue weighted by Gasteiger charge is 2.41. The molecule has 2 saturated heterocycles. The third-order valence-electron chi connectivity index (χ3n) is 4.11. The van der Waals surface area contributed by atoms with Crippen molar-refractivity contribution in [1.82, 2.24) is 10.2 Å². The van der Waals surface area contributed by atoms with Gasteiger partial charge in [-0.1, -0.05) is 0 Å². The van der Waals surface area contributed by atoms with Gasteiger partial charge in [0.25, 0.3) is 0 Å². The Labute approximate surface area is 109 Å². The minimum Gasteiger partial charge on any atom is -0.447 e. The van der Waals surface area contributed by atoms with Gasteiger partial charge in [0, 0.05) is 25.2 Å². The second-order valence-corrected chi connectivity index (χ2v) is 5.21. The number of ether oxygens (including phenoxy) is 2. The van der Waals surface area contributed by atoms with Crippen molar-refractivity contribution in [3.8, 4) is 0 Å². The lowest BCUT2D eigenvalue weighted by Crippen LogP contribution is -2.58. The van der Waals surface area contributed by atoms with Crippen LogP contribution in [0.5, 0.6) is 0 Å². The Kier molecular flexibility index (Phi) is 4.83. The Morgan fingerprint density at radius 3 is 2.50 bits per heavy atom. The first-order valence-electron chi connectivity index (χ1n) is 6.87. The summed E-state index contributed by atoms with van der Waals surface area (Å²) in [6, 6.07) is 1.25. The van der Waals surface area contributed by atoms with Gasteiger partial charge in [-0.3, -0.25) is 0 Å². The number of rotatable bonds is 4. The number of hydrogen-bond acceptors (Lipinski definition) is 4. The molecule has 1 amide bonds. The zero-order chi connectivity index (χ0) is 13.0. The van der Waals surface area contributed by atoms with Gasteiger partial charge in [0.15, 0.2) is 0 Å². The summed E-state index contributed by atoms with van der Waals surface area (Å²) in [4.78, 5) is 14.1. The molecule has 2 heterocycles. The monoisotopic (exact) mass is 256 g/mol. The van der Waals surface area contributed by atoms with Crippen molar-refractivity contribution >= 4 is 6.09 Å². The quantitative estimate of drug-likeness (QED) is 0.772. The van der Waals surface area contributed by atoms with E-state index >= 15 is 0 Å². The molecule has 2 bridgehead atoms. The van der Waals surface area contributed by atoms with Crippen molar-refractivity contribution in [1.29, 1.82) is 0 Å². The minimum absolute atomic E-state index is 0.156. The molecule has 0 aromatic carbocycles. The van der Waals surface area contributed by atoms with Crippen molar-refractivity contribution in [3.05, 3.63) is 0 Å².